The third-order valence-electron chi connectivity index (χ3n) is 3.15. The molecule has 2 N–H and O–H groups in total. The van der Waals surface area contributed by atoms with Crippen LogP contribution in [0, 0.1) is 5.82 Å². The highest BCUT2D eigenvalue weighted by Gasteiger charge is 2.42. The molecule has 104 valence electrons. The van der Waals surface area contributed by atoms with E-state index < -0.39 is 29.1 Å². The van der Waals surface area contributed by atoms with Crippen molar-refractivity contribution in [3.63, 3.8) is 0 Å². The largest absolute Gasteiger partial charge is 0.398 e. The van der Waals surface area contributed by atoms with Crippen molar-refractivity contribution in [2.45, 2.75) is 0 Å². The van der Waals surface area contributed by atoms with Crippen molar-refractivity contribution in [3.05, 3.63) is 59.2 Å². The van der Waals surface area contributed by atoms with Crippen molar-refractivity contribution in [1.29, 1.82) is 0 Å². The molecule has 1 aliphatic rings. The van der Waals surface area contributed by atoms with E-state index in [-0.39, 0.29) is 16.8 Å². The number of benzene rings is 1. The Hall–Kier alpha value is -3.09. The standard InChI is InChI=1S/C14H8FN3O3/c15-9-6-17-5-4-7(9)12(19)18-13(20)8-2-1-3-10(16)11(8)14(18)21/h1-6H,16H2. The minimum absolute atomic E-state index is 0.0304. The van der Waals surface area contributed by atoms with Gasteiger partial charge in [0.15, 0.2) is 5.82 Å². The summed E-state index contributed by atoms with van der Waals surface area (Å²) in [5, 5.41) is 0. The lowest BCUT2D eigenvalue weighted by molar-refractivity contribution is 0.0564. The van der Waals surface area contributed by atoms with Gasteiger partial charge in [-0.15, -0.1) is 0 Å². The van der Waals surface area contributed by atoms with Gasteiger partial charge in [0.05, 0.1) is 22.9 Å². The molecule has 3 rings (SSSR count). The van der Waals surface area contributed by atoms with Gasteiger partial charge in [-0.05, 0) is 18.2 Å². The van der Waals surface area contributed by atoms with Crippen molar-refractivity contribution in [2.75, 3.05) is 5.73 Å². The second-order valence-electron chi connectivity index (χ2n) is 4.38. The SMILES string of the molecule is Nc1cccc2c1C(=O)N(C(=O)c1ccncc1F)C2=O. The monoisotopic (exact) mass is 285 g/mol. The summed E-state index contributed by atoms with van der Waals surface area (Å²) < 4.78 is 13.6. The van der Waals surface area contributed by atoms with Gasteiger partial charge in [0.1, 0.15) is 0 Å². The first-order valence-corrected chi connectivity index (χ1v) is 5.93. The van der Waals surface area contributed by atoms with E-state index in [1.165, 1.54) is 24.4 Å². The lowest BCUT2D eigenvalue weighted by Crippen LogP contribution is -2.36. The number of nitrogens with two attached hydrogens (primary N) is 1. The van der Waals surface area contributed by atoms with Crippen LogP contribution in [0.3, 0.4) is 0 Å². The zero-order valence-corrected chi connectivity index (χ0v) is 10.5. The second-order valence-corrected chi connectivity index (χ2v) is 4.38. The van der Waals surface area contributed by atoms with Crippen molar-refractivity contribution in [1.82, 2.24) is 9.88 Å². The first-order valence-electron chi connectivity index (χ1n) is 5.93. The molecule has 1 aliphatic heterocycles. The van der Waals surface area contributed by atoms with Crippen LogP contribution < -0.4 is 5.73 Å². The van der Waals surface area contributed by atoms with Crippen LogP contribution in [0.1, 0.15) is 31.1 Å². The molecule has 0 atom stereocenters. The summed E-state index contributed by atoms with van der Waals surface area (Å²) in [5.74, 6) is -3.62. The predicted octanol–water partition coefficient (Wildman–Crippen LogP) is 1.24. The molecule has 0 fully saturated rings. The highest BCUT2D eigenvalue weighted by Crippen LogP contribution is 2.28. The number of fused-ring (bicyclic) bond motifs is 1. The number of pyridine rings is 1. The van der Waals surface area contributed by atoms with Crippen LogP contribution in [0.15, 0.2) is 36.7 Å². The maximum absolute atomic E-state index is 13.6. The molecule has 3 amide bonds. The van der Waals surface area contributed by atoms with E-state index in [0.717, 1.165) is 12.3 Å². The Balaban J connectivity index is 2.09. The summed E-state index contributed by atoms with van der Waals surface area (Å²) in [6.45, 7) is 0. The topological polar surface area (TPSA) is 93.4 Å². The number of halogens is 1. The van der Waals surface area contributed by atoms with Gasteiger partial charge in [-0.3, -0.25) is 19.4 Å². The molecule has 1 aromatic heterocycles. The minimum Gasteiger partial charge on any atom is -0.398 e. The number of anilines is 1. The number of carbonyl (C=O) groups is 3. The number of aromatic nitrogens is 1. The van der Waals surface area contributed by atoms with Crippen molar-refractivity contribution >= 4 is 23.4 Å². The summed E-state index contributed by atoms with van der Waals surface area (Å²) in [5.41, 5.74) is 5.34. The van der Waals surface area contributed by atoms with E-state index in [9.17, 15) is 18.8 Å². The normalized spacial score (nSPS) is 13.5. The Morgan fingerprint density at radius 2 is 1.95 bits per heavy atom. The number of nitrogens with zero attached hydrogens (tertiary/aromatic N) is 2. The smallest absolute Gasteiger partial charge is 0.270 e. The second kappa shape index (κ2) is 4.48. The molecule has 0 aliphatic carbocycles. The van der Waals surface area contributed by atoms with Gasteiger partial charge < -0.3 is 5.73 Å². The number of carbonyl (C=O) groups excluding carboxylic acids is 3. The van der Waals surface area contributed by atoms with E-state index in [1.807, 2.05) is 0 Å². The molecule has 21 heavy (non-hydrogen) atoms. The molecule has 0 bridgehead atoms. The maximum Gasteiger partial charge on any atom is 0.270 e. The number of imide groups is 3. The summed E-state index contributed by atoms with van der Waals surface area (Å²) in [7, 11) is 0. The van der Waals surface area contributed by atoms with Crippen LogP contribution in [0.4, 0.5) is 10.1 Å². The summed E-state index contributed by atoms with van der Waals surface area (Å²) >= 11 is 0. The Morgan fingerprint density at radius 1 is 1.19 bits per heavy atom. The molecule has 2 aromatic rings. The Labute approximate surface area is 118 Å². The summed E-state index contributed by atoms with van der Waals surface area (Å²) in [6.07, 6.45) is 2.03. The quantitative estimate of drug-likeness (QED) is 0.628. The van der Waals surface area contributed by atoms with Crippen LogP contribution in [-0.2, 0) is 0 Å². The van der Waals surface area contributed by atoms with Gasteiger partial charge in [0.25, 0.3) is 17.7 Å². The fraction of sp³-hybridized carbons (Fsp3) is 0. The first kappa shape index (κ1) is 12.9. The van der Waals surface area contributed by atoms with Crippen molar-refractivity contribution in [2.24, 2.45) is 0 Å². The van der Waals surface area contributed by atoms with Gasteiger partial charge in [-0.25, -0.2) is 9.29 Å². The van der Waals surface area contributed by atoms with E-state index in [0.29, 0.717) is 4.90 Å². The Bertz CT molecular complexity index is 804. The van der Waals surface area contributed by atoms with Crippen LogP contribution in [0.25, 0.3) is 0 Å². The summed E-state index contributed by atoms with van der Waals surface area (Å²) in [6, 6.07) is 5.44. The molecule has 2 heterocycles. The number of nitrogen functional groups attached to an aromatic ring is 1. The zero-order valence-electron chi connectivity index (χ0n) is 10.5. The molecule has 0 saturated heterocycles. The van der Waals surface area contributed by atoms with Gasteiger partial charge in [-0.2, -0.15) is 0 Å². The van der Waals surface area contributed by atoms with Gasteiger partial charge >= 0.3 is 0 Å². The lowest BCUT2D eigenvalue weighted by atomic mass is 10.1. The van der Waals surface area contributed by atoms with Crippen LogP contribution in [0.2, 0.25) is 0 Å². The number of rotatable bonds is 1. The zero-order chi connectivity index (χ0) is 15.1. The van der Waals surface area contributed by atoms with Gasteiger partial charge in [0.2, 0.25) is 0 Å². The molecule has 7 heteroatoms. The fourth-order valence-electron chi connectivity index (χ4n) is 2.17. The van der Waals surface area contributed by atoms with E-state index >= 15 is 0 Å². The van der Waals surface area contributed by atoms with Crippen LogP contribution >= 0.6 is 0 Å². The van der Waals surface area contributed by atoms with Gasteiger partial charge in [-0.1, -0.05) is 6.07 Å². The summed E-state index contributed by atoms with van der Waals surface area (Å²) in [4.78, 5) is 40.5. The third kappa shape index (κ3) is 1.78. The fourth-order valence-corrected chi connectivity index (χ4v) is 2.17. The van der Waals surface area contributed by atoms with E-state index in [2.05, 4.69) is 4.98 Å². The highest BCUT2D eigenvalue weighted by molar-refractivity contribution is 6.32. The minimum atomic E-state index is -1.04. The molecule has 6 nitrogen and oxygen atoms in total. The van der Waals surface area contributed by atoms with Gasteiger partial charge in [0, 0.05) is 11.9 Å². The van der Waals surface area contributed by atoms with Crippen LogP contribution in [0.5, 0.6) is 0 Å². The van der Waals surface area contributed by atoms with Crippen molar-refractivity contribution in [3.8, 4) is 0 Å². The number of amides is 3. The highest BCUT2D eigenvalue weighted by atomic mass is 19.1. The molecule has 1 aromatic carbocycles. The molecule has 0 radical (unpaired) electrons. The Kier molecular flexibility index (Phi) is 2.76. The predicted molar refractivity (Wildman–Crippen MR) is 69.9 cm³/mol. The van der Waals surface area contributed by atoms with Crippen molar-refractivity contribution < 1.29 is 18.8 Å². The number of hydrogen-bond acceptors (Lipinski definition) is 5. The lowest BCUT2D eigenvalue weighted by Gasteiger charge is -2.12. The Morgan fingerprint density at radius 3 is 2.62 bits per heavy atom. The molecule has 0 unspecified atom stereocenters. The average Bonchev–Trinajstić information content (AvgIpc) is 2.72. The third-order valence-corrected chi connectivity index (χ3v) is 3.15. The van der Waals surface area contributed by atoms with E-state index in [1.54, 1.807) is 0 Å². The molecule has 0 saturated carbocycles. The molecule has 0 spiro atoms. The maximum atomic E-state index is 13.6. The number of hydrogen-bond donors (Lipinski definition) is 1. The van der Waals surface area contributed by atoms with E-state index in [4.69, 9.17) is 5.73 Å². The molecular weight excluding hydrogens is 277 g/mol. The molecular formula is C14H8FN3O3. The van der Waals surface area contributed by atoms with Crippen LogP contribution in [-0.4, -0.2) is 27.6 Å². The first-order chi connectivity index (χ1) is 10.0. The average molecular weight is 285 g/mol.